The van der Waals surface area contributed by atoms with E-state index in [0.717, 1.165) is 12.0 Å². The Labute approximate surface area is 153 Å². The van der Waals surface area contributed by atoms with Gasteiger partial charge in [-0.15, -0.1) is 0 Å². The van der Waals surface area contributed by atoms with Crippen LogP contribution in [0.25, 0.3) is 0 Å². The van der Waals surface area contributed by atoms with Crippen LogP contribution in [0.4, 0.5) is 0 Å². The van der Waals surface area contributed by atoms with Crippen LogP contribution in [-0.4, -0.2) is 5.11 Å². The molecule has 1 N–H and O–H groups in total. The largest absolute Gasteiger partial charge is 0.392 e. The summed E-state index contributed by atoms with van der Waals surface area (Å²) in [4.78, 5) is 0. The van der Waals surface area contributed by atoms with E-state index in [0.29, 0.717) is 0 Å². The molecular weight excluding hydrogens is 304 g/mol. The van der Waals surface area contributed by atoms with Crippen LogP contribution < -0.4 is 0 Å². The number of benzene rings is 2. The lowest BCUT2D eigenvalue weighted by Crippen LogP contribution is -1.92. The summed E-state index contributed by atoms with van der Waals surface area (Å²) in [5.41, 5.74) is 7.44. The zero-order chi connectivity index (χ0) is 18.7. The molecule has 0 fully saturated rings. The van der Waals surface area contributed by atoms with Gasteiger partial charge in [0.1, 0.15) is 0 Å². The van der Waals surface area contributed by atoms with Crippen LogP contribution in [0.5, 0.6) is 0 Å². The molecule has 0 heterocycles. The van der Waals surface area contributed by atoms with Crippen LogP contribution in [0.2, 0.25) is 0 Å². The van der Waals surface area contributed by atoms with E-state index in [1.807, 2.05) is 43.3 Å². The van der Waals surface area contributed by atoms with Gasteiger partial charge in [-0.3, -0.25) is 0 Å². The van der Waals surface area contributed by atoms with Crippen LogP contribution in [-0.2, 0) is 13.0 Å². The fourth-order valence-corrected chi connectivity index (χ4v) is 2.24. The van der Waals surface area contributed by atoms with Crippen molar-refractivity contribution in [2.45, 2.75) is 40.7 Å². The van der Waals surface area contributed by atoms with E-state index in [2.05, 4.69) is 57.7 Å². The fraction of sp³-hybridized carbons (Fsp3) is 0.250. The van der Waals surface area contributed by atoms with Crippen molar-refractivity contribution < 1.29 is 5.11 Å². The van der Waals surface area contributed by atoms with E-state index in [-0.39, 0.29) is 6.61 Å². The molecule has 25 heavy (non-hydrogen) atoms. The van der Waals surface area contributed by atoms with Gasteiger partial charge < -0.3 is 5.11 Å². The molecule has 1 nitrogen and oxygen atoms in total. The molecule has 2 rings (SSSR count). The van der Waals surface area contributed by atoms with E-state index in [9.17, 15) is 0 Å². The van der Waals surface area contributed by atoms with E-state index in [4.69, 9.17) is 5.11 Å². The van der Waals surface area contributed by atoms with Crippen LogP contribution in [0, 0.1) is 13.8 Å². The predicted molar refractivity (Wildman–Crippen MR) is 110 cm³/mol. The van der Waals surface area contributed by atoms with E-state index in [1.165, 1.54) is 27.8 Å². The summed E-state index contributed by atoms with van der Waals surface area (Å²) in [5.74, 6) is 0. The van der Waals surface area contributed by atoms with Gasteiger partial charge in [0.25, 0.3) is 0 Å². The normalized spacial score (nSPS) is 11.2. The lowest BCUT2D eigenvalue weighted by molar-refractivity contribution is 0.282. The van der Waals surface area contributed by atoms with Crippen LogP contribution >= 0.6 is 0 Å². The molecule has 0 aliphatic carbocycles. The summed E-state index contributed by atoms with van der Waals surface area (Å²) in [7, 11) is 0. The third kappa shape index (κ3) is 7.82. The van der Waals surface area contributed by atoms with Gasteiger partial charge in [0.2, 0.25) is 0 Å². The number of aliphatic hydroxyl groups is 1. The monoisotopic (exact) mass is 334 g/mol. The molecule has 0 aliphatic rings. The summed E-state index contributed by atoms with van der Waals surface area (Å²) in [6.45, 7) is 12.7. The zero-order valence-corrected chi connectivity index (χ0v) is 15.9. The second-order valence-corrected chi connectivity index (χ2v) is 6.22. The third-order valence-corrected chi connectivity index (χ3v) is 4.11. The van der Waals surface area contributed by atoms with Crippen molar-refractivity contribution in [3.8, 4) is 0 Å². The molecule has 1 heteroatoms. The Bertz CT molecular complexity index is 721. The van der Waals surface area contributed by atoms with E-state index in [1.54, 1.807) is 0 Å². The minimum Gasteiger partial charge on any atom is -0.392 e. The first-order valence-electron chi connectivity index (χ1n) is 8.66. The van der Waals surface area contributed by atoms with Crippen molar-refractivity contribution in [1.82, 2.24) is 0 Å². The highest BCUT2D eigenvalue weighted by molar-refractivity contribution is 5.37. The van der Waals surface area contributed by atoms with Crippen molar-refractivity contribution in [1.29, 1.82) is 0 Å². The highest BCUT2D eigenvalue weighted by Crippen LogP contribution is 2.17. The molecular formula is C24H30O. The number of aryl methyl sites for hydroxylation is 2. The van der Waals surface area contributed by atoms with Gasteiger partial charge in [0.15, 0.2) is 0 Å². The second-order valence-electron chi connectivity index (χ2n) is 6.22. The first kappa shape index (κ1) is 20.7. The van der Waals surface area contributed by atoms with Crippen molar-refractivity contribution >= 4 is 0 Å². The first-order valence-corrected chi connectivity index (χ1v) is 8.66. The van der Waals surface area contributed by atoms with Crippen molar-refractivity contribution in [2.75, 3.05) is 0 Å². The summed E-state index contributed by atoms with van der Waals surface area (Å²) in [6, 6.07) is 16.2. The van der Waals surface area contributed by atoms with Gasteiger partial charge in [0, 0.05) is 0 Å². The molecule has 0 saturated carbocycles. The standard InChI is InChI=1S/C17H22.C7H8O/c1-6-7-8-13(2)15(4)11-17-10-9-14(3)16(5)12-17;8-6-7-4-2-1-3-5-7/h6-10,12H,4,11H2,1-3,5H3;1-5,8H,6H2/b7-6-,13-8+;. The highest BCUT2D eigenvalue weighted by atomic mass is 16.3. The second kappa shape index (κ2) is 11.2. The smallest absolute Gasteiger partial charge is 0.0681 e. The van der Waals surface area contributed by atoms with E-state index >= 15 is 0 Å². The van der Waals surface area contributed by atoms with E-state index < -0.39 is 0 Å². The van der Waals surface area contributed by atoms with Crippen LogP contribution in [0.1, 0.15) is 36.1 Å². The van der Waals surface area contributed by atoms with Crippen molar-refractivity contribution in [3.63, 3.8) is 0 Å². The predicted octanol–water partition coefficient (Wildman–Crippen LogP) is 6.10. The molecule has 0 spiro atoms. The fourth-order valence-electron chi connectivity index (χ4n) is 2.24. The SMILES string of the molecule is C=C(Cc1ccc(C)c(C)c1)/C(C)=C/C=C\C.OCc1ccccc1. The Morgan fingerprint density at radius 3 is 2.20 bits per heavy atom. The van der Waals surface area contributed by atoms with Crippen molar-refractivity contribution in [3.05, 3.63) is 107 Å². The van der Waals surface area contributed by atoms with Gasteiger partial charge in [0.05, 0.1) is 6.61 Å². The van der Waals surface area contributed by atoms with Crippen LogP contribution in [0.3, 0.4) is 0 Å². The molecule has 132 valence electrons. The van der Waals surface area contributed by atoms with Gasteiger partial charge >= 0.3 is 0 Å². The first-order chi connectivity index (χ1) is 12.0. The molecule has 2 aromatic rings. The third-order valence-electron chi connectivity index (χ3n) is 4.11. The highest BCUT2D eigenvalue weighted by Gasteiger charge is 2.01. The molecule has 0 unspecified atom stereocenters. The lowest BCUT2D eigenvalue weighted by Gasteiger charge is -2.08. The molecule has 0 radical (unpaired) electrons. The molecule has 0 bridgehead atoms. The topological polar surface area (TPSA) is 20.2 Å². The van der Waals surface area contributed by atoms with Gasteiger partial charge in [-0.05, 0) is 67.5 Å². The molecule has 0 atom stereocenters. The maximum Gasteiger partial charge on any atom is 0.0681 e. The summed E-state index contributed by atoms with van der Waals surface area (Å²) < 4.78 is 0. The van der Waals surface area contributed by atoms with Gasteiger partial charge in [-0.25, -0.2) is 0 Å². The quantitative estimate of drug-likeness (QED) is 0.655. The summed E-state index contributed by atoms with van der Waals surface area (Å²) in [6.07, 6.45) is 7.14. The molecule has 0 aromatic heterocycles. The Balaban J connectivity index is 0.000000324. The Hall–Kier alpha value is -2.38. The number of allylic oxidation sites excluding steroid dienone is 5. The molecule has 0 amide bonds. The number of aliphatic hydroxyl groups excluding tert-OH is 1. The summed E-state index contributed by atoms with van der Waals surface area (Å²) >= 11 is 0. The molecule has 2 aromatic carbocycles. The number of rotatable bonds is 5. The lowest BCUT2D eigenvalue weighted by atomic mass is 9.97. The number of hydrogen-bond donors (Lipinski definition) is 1. The van der Waals surface area contributed by atoms with Crippen molar-refractivity contribution in [2.24, 2.45) is 0 Å². The Kier molecular flexibility index (Phi) is 9.28. The summed E-state index contributed by atoms with van der Waals surface area (Å²) in [5, 5.41) is 8.54. The zero-order valence-electron chi connectivity index (χ0n) is 15.9. The molecule has 0 saturated heterocycles. The Morgan fingerprint density at radius 2 is 1.68 bits per heavy atom. The van der Waals surface area contributed by atoms with Gasteiger partial charge in [-0.2, -0.15) is 0 Å². The average molecular weight is 335 g/mol. The van der Waals surface area contributed by atoms with Crippen LogP contribution in [0.15, 0.2) is 84.5 Å². The Morgan fingerprint density at radius 1 is 1.00 bits per heavy atom. The molecule has 0 aliphatic heterocycles. The maximum atomic E-state index is 8.54. The number of hydrogen-bond acceptors (Lipinski definition) is 1. The average Bonchev–Trinajstić information content (AvgIpc) is 2.64. The maximum absolute atomic E-state index is 8.54. The van der Waals surface area contributed by atoms with Gasteiger partial charge in [-0.1, -0.05) is 73.3 Å². The minimum atomic E-state index is 0.140. The minimum absolute atomic E-state index is 0.140.